The molecule has 0 radical (unpaired) electrons. The second-order valence-corrected chi connectivity index (χ2v) is 3.85. The minimum absolute atomic E-state index is 0.399. The third kappa shape index (κ3) is 3.26. The van der Waals surface area contributed by atoms with Gasteiger partial charge in [0.25, 0.3) is 0 Å². The van der Waals surface area contributed by atoms with Gasteiger partial charge in [-0.05, 0) is 37.5 Å². The SMILES string of the molecule is CCCCc1ccc(N(CC)C(N)=O)cc1. The van der Waals surface area contributed by atoms with E-state index in [4.69, 9.17) is 5.73 Å². The standard InChI is InChI=1S/C13H20N2O/c1-3-5-6-11-7-9-12(10-8-11)15(4-2)13(14)16/h7-10H,3-6H2,1-2H3,(H2,14,16). The van der Waals surface area contributed by atoms with E-state index >= 15 is 0 Å². The minimum Gasteiger partial charge on any atom is -0.351 e. The lowest BCUT2D eigenvalue weighted by atomic mass is 10.1. The van der Waals surface area contributed by atoms with Crippen LogP contribution < -0.4 is 10.6 Å². The highest BCUT2D eigenvalue weighted by atomic mass is 16.2. The maximum absolute atomic E-state index is 11.1. The van der Waals surface area contributed by atoms with Crippen molar-refractivity contribution in [1.29, 1.82) is 0 Å². The molecule has 0 aliphatic carbocycles. The molecule has 0 aromatic heterocycles. The average molecular weight is 220 g/mol. The summed E-state index contributed by atoms with van der Waals surface area (Å²) in [5, 5.41) is 0. The van der Waals surface area contributed by atoms with Gasteiger partial charge in [-0.15, -0.1) is 0 Å². The third-order valence-electron chi connectivity index (χ3n) is 2.65. The van der Waals surface area contributed by atoms with Crippen molar-refractivity contribution in [2.24, 2.45) is 5.73 Å². The van der Waals surface area contributed by atoms with Gasteiger partial charge in [0, 0.05) is 12.2 Å². The van der Waals surface area contributed by atoms with Gasteiger partial charge in [0.1, 0.15) is 0 Å². The van der Waals surface area contributed by atoms with Crippen LogP contribution in [-0.2, 0) is 6.42 Å². The highest BCUT2D eigenvalue weighted by molar-refractivity contribution is 5.90. The predicted molar refractivity (Wildman–Crippen MR) is 67.7 cm³/mol. The lowest BCUT2D eigenvalue weighted by molar-refractivity contribution is 0.254. The minimum atomic E-state index is -0.399. The largest absolute Gasteiger partial charge is 0.351 e. The van der Waals surface area contributed by atoms with Crippen molar-refractivity contribution >= 4 is 11.7 Å². The summed E-state index contributed by atoms with van der Waals surface area (Å²) in [4.78, 5) is 12.7. The van der Waals surface area contributed by atoms with Crippen LogP contribution in [0.15, 0.2) is 24.3 Å². The Morgan fingerprint density at radius 3 is 2.31 bits per heavy atom. The van der Waals surface area contributed by atoms with E-state index in [2.05, 4.69) is 19.1 Å². The molecule has 0 atom stereocenters. The fourth-order valence-corrected chi connectivity index (χ4v) is 1.69. The molecule has 1 aromatic carbocycles. The van der Waals surface area contributed by atoms with Crippen LogP contribution in [0.1, 0.15) is 32.3 Å². The number of aryl methyl sites for hydroxylation is 1. The number of unbranched alkanes of at least 4 members (excludes halogenated alkanes) is 1. The number of amides is 2. The summed E-state index contributed by atoms with van der Waals surface area (Å²) < 4.78 is 0. The Balaban J connectivity index is 2.73. The Bertz CT molecular complexity index is 332. The molecule has 3 nitrogen and oxygen atoms in total. The Labute approximate surface area is 97.2 Å². The molecule has 0 heterocycles. The molecular formula is C13H20N2O. The number of carbonyl (C=O) groups excluding carboxylic acids is 1. The Morgan fingerprint density at radius 1 is 1.25 bits per heavy atom. The van der Waals surface area contributed by atoms with Crippen LogP contribution >= 0.6 is 0 Å². The van der Waals surface area contributed by atoms with Gasteiger partial charge in [-0.2, -0.15) is 0 Å². The molecule has 0 fully saturated rings. The molecule has 0 bridgehead atoms. The Kier molecular flexibility index (Phi) is 4.83. The molecule has 1 aromatic rings. The molecule has 0 aliphatic heterocycles. The maximum atomic E-state index is 11.1. The van der Waals surface area contributed by atoms with E-state index < -0.39 is 6.03 Å². The molecule has 0 aliphatic rings. The van der Waals surface area contributed by atoms with E-state index in [-0.39, 0.29) is 0 Å². The van der Waals surface area contributed by atoms with Gasteiger partial charge in [0.2, 0.25) is 0 Å². The molecule has 0 saturated carbocycles. The molecule has 2 N–H and O–H groups in total. The molecule has 16 heavy (non-hydrogen) atoms. The van der Waals surface area contributed by atoms with E-state index in [9.17, 15) is 4.79 Å². The molecule has 1 rings (SSSR count). The topological polar surface area (TPSA) is 46.3 Å². The van der Waals surface area contributed by atoms with Gasteiger partial charge in [0.05, 0.1) is 0 Å². The summed E-state index contributed by atoms with van der Waals surface area (Å²) in [7, 11) is 0. The van der Waals surface area contributed by atoms with Crippen LogP contribution in [0.3, 0.4) is 0 Å². The number of rotatable bonds is 5. The van der Waals surface area contributed by atoms with Crippen molar-refractivity contribution in [3.63, 3.8) is 0 Å². The number of primary amides is 1. The molecule has 0 unspecified atom stereocenters. The lowest BCUT2D eigenvalue weighted by Crippen LogP contribution is -2.35. The number of nitrogens with zero attached hydrogens (tertiary/aromatic N) is 1. The smallest absolute Gasteiger partial charge is 0.319 e. The molecule has 3 heteroatoms. The van der Waals surface area contributed by atoms with Crippen molar-refractivity contribution in [3.8, 4) is 0 Å². The molecule has 0 spiro atoms. The summed E-state index contributed by atoms with van der Waals surface area (Å²) in [6, 6.07) is 7.65. The van der Waals surface area contributed by atoms with Crippen molar-refractivity contribution in [2.75, 3.05) is 11.4 Å². The molecular weight excluding hydrogens is 200 g/mol. The van der Waals surface area contributed by atoms with Gasteiger partial charge in [-0.1, -0.05) is 25.5 Å². The fourth-order valence-electron chi connectivity index (χ4n) is 1.69. The first-order valence-electron chi connectivity index (χ1n) is 5.85. The number of hydrogen-bond donors (Lipinski definition) is 1. The summed E-state index contributed by atoms with van der Waals surface area (Å²) in [6.45, 7) is 4.69. The number of benzene rings is 1. The van der Waals surface area contributed by atoms with Gasteiger partial charge in [-0.3, -0.25) is 4.90 Å². The summed E-state index contributed by atoms with van der Waals surface area (Å²) in [5.74, 6) is 0. The van der Waals surface area contributed by atoms with Crippen molar-refractivity contribution < 1.29 is 4.79 Å². The number of hydrogen-bond acceptors (Lipinski definition) is 1. The van der Waals surface area contributed by atoms with Crippen LogP contribution in [0.25, 0.3) is 0 Å². The maximum Gasteiger partial charge on any atom is 0.319 e. The molecule has 88 valence electrons. The van der Waals surface area contributed by atoms with E-state index in [1.807, 2.05) is 19.1 Å². The summed E-state index contributed by atoms with van der Waals surface area (Å²) >= 11 is 0. The van der Waals surface area contributed by atoms with Gasteiger partial charge in [0.15, 0.2) is 0 Å². The van der Waals surface area contributed by atoms with Gasteiger partial charge in [-0.25, -0.2) is 4.79 Å². The van der Waals surface area contributed by atoms with E-state index in [1.165, 1.54) is 18.4 Å². The van der Waals surface area contributed by atoms with E-state index in [1.54, 1.807) is 4.90 Å². The predicted octanol–water partition coefficient (Wildman–Crippen LogP) is 2.93. The van der Waals surface area contributed by atoms with Crippen molar-refractivity contribution in [3.05, 3.63) is 29.8 Å². The molecule has 2 amide bonds. The van der Waals surface area contributed by atoms with Crippen molar-refractivity contribution in [1.82, 2.24) is 0 Å². The van der Waals surface area contributed by atoms with E-state index in [0.717, 1.165) is 12.1 Å². The summed E-state index contributed by atoms with van der Waals surface area (Å²) in [6.07, 6.45) is 3.50. The molecule has 0 saturated heterocycles. The Hall–Kier alpha value is -1.51. The normalized spacial score (nSPS) is 10.1. The fraction of sp³-hybridized carbons (Fsp3) is 0.462. The average Bonchev–Trinajstić information content (AvgIpc) is 2.28. The second-order valence-electron chi connectivity index (χ2n) is 3.85. The first kappa shape index (κ1) is 12.6. The number of anilines is 1. The quantitative estimate of drug-likeness (QED) is 0.814. The highest BCUT2D eigenvalue weighted by Crippen LogP contribution is 2.16. The first-order valence-corrected chi connectivity index (χ1v) is 5.85. The monoisotopic (exact) mass is 220 g/mol. The van der Waals surface area contributed by atoms with Crippen molar-refractivity contribution in [2.45, 2.75) is 33.1 Å². The highest BCUT2D eigenvalue weighted by Gasteiger charge is 2.08. The zero-order valence-corrected chi connectivity index (χ0v) is 10.1. The number of nitrogens with two attached hydrogens (primary N) is 1. The summed E-state index contributed by atoms with van der Waals surface area (Å²) in [5.41, 5.74) is 7.47. The van der Waals surface area contributed by atoms with Gasteiger partial charge < -0.3 is 5.73 Å². The van der Waals surface area contributed by atoms with Crippen LogP contribution in [0.5, 0.6) is 0 Å². The van der Waals surface area contributed by atoms with E-state index in [0.29, 0.717) is 6.54 Å². The zero-order valence-electron chi connectivity index (χ0n) is 10.1. The first-order chi connectivity index (χ1) is 7.69. The van der Waals surface area contributed by atoms with Gasteiger partial charge >= 0.3 is 6.03 Å². The van der Waals surface area contributed by atoms with Crippen LogP contribution in [0, 0.1) is 0 Å². The van der Waals surface area contributed by atoms with Crippen LogP contribution in [0.2, 0.25) is 0 Å². The number of carbonyl (C=O) groups is 1. The Morgan fingerprint density at radius 2 is 1.88 bits per heavy atom. The third-order valence-corrected chi connectivity index (χ3v) is 2.65. The van der Waals surface area contributed by atoms with Crippen LogP contribution in [-0.4, -0.2) is 12.6 Å². The number of urea groups is 1. The van der Waals surface area contributed by atoms with Crippen LogP contribution in [0.4, 0.5) is 10.5 Å². The second kappa shape index (κ2) is 6.16. The zero-order chi connectivity index (χ0) is 12.0. The lowest BCUT2D eigenvalue weighted by Gasteiger charge is -2.18.